The zero-order chi connectivity index (χ0) is 17.8. The van der Waals surface area contributed by atoms with Crippen molar-refractivity contribution in [3.05, 3.63) is 47.5 Å². The number of fused-ring (bicyclic) bond motifs is 1. The van der Waals surface area contributed by atoms with Crippen molar-refractivity contribution >= 4 is 23.3 Å². The topological polar surface area (TPSA) is 85.9 Å². The Bertz CT molecular complexity index is 819. The molecule has 0 aliphatic carbocycles. The Morgan fingerprint density at radius 3 is 2.72 bits per heavy atom. The molecule has 0 saturated heterocycles. The summed E-state index contributed by atoms with van der Waals surface area (Å²) in [6.07, 6.45) is 0. The Morgan fingerprint density at radius 2 is 1.92 bits per heavy atom. The number of rotatable bonds is 5. The van der Waals surface area contributed by atoms with Gasteiger partial charge >= 0.3 is 5.97 Å². The zero-order valence-electron chi connectivity index (χ0n) is 13.9. The highest BCUT2D eigenvalue weighted by molar-refractivity contribution is 5.95. The van der Waals surface area contributed by atoms with E-state index in [-0.39, 0.29) is 19.2 Å². The van der Waals surface area contributed by atoms with Crippen LogP contribution in [0.4, 0.5) is 11.4 Å². The first-order valence-corrected chi connectivity index (χ1v) is 7.69. The van der Waals surface area contributed by atoms with Crippen molar-refractivity contribution in [1.82, 2.24) is 0 Å². The van der Waals surface area contributed by atoms with Crippen LogP contribution in [0.3, 0.4) is 0 Å². The summed E-state index contributed by atoms with van der Waals surface area (Å²) in [6.45, 7) is 2.13. The Labute approximate surface area is 144 Å². The lowest BCUT2D eigenvalue weighted by Gasteiger charge is -2.11. The molecule has 0 fully saturated rings. The van der Waals surface area contributed by atoms with Gasteiger partial charge < -0.3 is 24.8 Å². The van der Waals surface area contributed by atoms with Gasteiger partial charge in [0.25, 0.3) is 0 Å². The molecule has 0 aromatic heterocycles. The van der Waals surface area contributed by atoms with Crippen molar-refractivity contribution in [1.29, 1.82) is 0 Å². The van der Waals surface area contributed by atoms with Gasteiger partial charge in [-0.2, -0.15) is 0 Å². The third-order valence-electron chi connectivity index (χ3n) is 3.75. The van der Waals surface area contributed by atoms with E-state index in [0.29, 0.717) is 28.4 Å². The Kier molecular flexibility index (Phi) is 4.74. The van der Waals surface area contributed by atoms with Gasteiger partial charge in [-0.15, -0.1) is 0 Å². The predicted molar refractivity (Wildman–Crippen MR) is 92.2 cm³/mol. The molecule has 2 aromatic carbocycles. The molecule has 1 amide bonds. The van der Waals surface area contributed by atoms with Gasteiger partial charge in [0.2, 0.25) is 12.7 Å². The number of carbonyl (C=O) groups excluding carboxylic acids is 2. The fraction of sp³-hybridized carbons (Fsp3) is 0.222. The van der Waals surface area contributed by atoms with Crippen LogP contribution in [-0.4, -0.2) is 32.3 Å². The van der Waals surface area contributed by atoms with Crippen molar-refractivity contribution in [2.24, 2.45) is 0 Å². The number of amides is 1. The molecule has 2 aromatic rings. The normalized spacial score (nSPS) is 11.8. The first-order valence-electron chi connectivity index (χ1n) is 7.69. The average molecular weight is 342 g/mol. The minimum Gasteiger partial charge on any atom is -0.465 e. The number of methoxy groups -OCH3 is 1. The van der Waals surface area contributed by atoms with Crippen molar-refractivity contribution in [3.8, 4) is 11.5 Å². The Hall–Kier alpha value is -3.22. The van der Waals surface area contributed by atoms with Crippen LogP contribution in [-0.2, 0) is 9.53 Å². The van der Waals surface area contributed by atoms with Crippen LogP contribution >= 0.6 is 0 Å². The molecule has 0 spiro atoms. The van der Waals surface area contributed by atoms with Crippen LogP contribution in [0.15, 0.2) is 36.4 Å². The summed E-state index contributed by atoms with van der Waals surface area (Å²) < 4.78 is 15.2. The van der Waals surface area contributed by atoms with Crippen LogP contribution in [0.5, 0.6) is 11.5 Å². The lowest BCUT2D eigenvalue weighted by atomic mass is 10.1. The minimum atomic E-state index is -0.423. The molecule has 2 N–H and O–H groups in total. The number of ether oxygens (including phenoxy) is 3. The van der Waals surface area contributed by atoms with E-state index in [2.05, 4.69) is 10.6 Å². The monoisotopic (exact) mass is 342 g/mol. The van der Waals surface area contributed by atoms with E-state index in [1.54, 1.807) is 36.4 Å². The second-order valence-electron chi connectivity index (χ2n) is 5.49. The fourth-order valence-electron chi connectivity index (χ4n) is 2.41. The zero-order valence-corrected chi connectivity index (χ0v) is 13.9. The number of hydrogen-bond acceptors (Lipinski definition) is 6. The molecule has 1 aliphatic heterocycles. The third-order valence-corrected chi connectivity index (χ3v) is 3.75. The largest absolute Gasteiger partial charge is 0.465 e. The maximum absolute atomic E-state index is 12.1. The van der Waals surface area contributed by atoms with Crippen molar-refractivity contribution in [3.63, 3.8) is 0 Å². The number of hydrogen-bond donors (Lipinski definition) is 2. The van der Waals surface area contributed by atoms with Crippen LogP contribution in [0.2, 0.25) is 0 Å². The lowest BCUT2D eigenvalue weighted by Crippen LogP contribution is -2.22. The van der Waals surface area contributed by atoms with E-state index in [4.69, 9.17) is 14.2 Å². The molecule has 0 unspecified atom stereocenters. The van der Waals surface area contributed by atoms with Gasteiger partial charge in [-0.05, 0) is 36.8 Å². The third kappa shape index (κ3) is 3.82. The van der Waals surface area contributed by atoms with Crippen LogP contribution in [0.25, 0.3) is 0 Å². The molecule has 7 heteroatoms. The van der Waals surface area contributed by atoms with Crippen molar-refractivity contribution in [2.75, 3.05) is 31.1 Å². The molecule has 1 heterocycles. The van der Waals surface area contributed by atoms with Gasteiger partial charge in [-0.3, -0.25) is 4.79 Å². The average Bonchev–Trinajstić information content (AvgIpc) is 3.08. The molecule has 25 heavy (non-hydrogen) atoms. The minimum absolute atomic E-state index is 0.0555. The van der Waals surface area contributed by atoms with E-state index in [1.807, 2.05) is 6.92 Å². The first kappa shape index (κ1) is 16.6. The summed E-state index contributed by atoms with van der Waals surface area (Å²) >= 11 is 0. The van der Waals surface area contributed by atoms with Gasteiger partial charge in [0.15, 0.2) is 11.5 Å². The second-order valence-corrected chi connectivity index (χ2v) is 5.49. The highest BCUT2D eigenvalue weighted by Gasteiger charge is 2.14. The van der Waals surface area contributed by atoms with Crippen molar-refractivity contribution < 1.29 is 23.8 Å². The van der Waals surface area contributed by atoms with Crippen LogP contribution in [0, 0.1) is 6.92 Å². The molecule has 0 bridgehead atoms. The van der Waals surface area contributed by atoms with Crippen LogP contribution in [0.1, 0.15) is 15.9 Å². The van der Waals surface area contributed by atoms with E-state index < -0.39 is 5.97 Å². The number of esters is 1. The summed E-state index contributed by atoms with van der Waals surface area (Å²) in [5.41, 5.74) is 2.66. The smallest absolute Gasteiger partial charge is 0.337 e. The fourth-order valence-corrected chi connectivity index (χ4v) is 2.41. The number of carbonyl (C=O) groups is 2. The van der Waals surface area contributed by atoms with Gasteiger partial charge in [-0.1, -0.05) is 6.07 Å². The maximum atomic E-state index is 12.1. The van der Waals surface area contributed by atoms with Gasteiger partial charge in [0.1, 0.15) is 0 Å². The molecule has 0 radical (unpaired) electrons. The Morgan fingerprint density at radius 1 is 1.12 bits per heavy atom. The summed E-state index contributed by atoms with van der Waals surface area (Å²) in [6, 6.07) is 10.3. The molecule has 7 nitrogen and oxygen atoms in total. The lowest BCUT2D eigenvalue weighted by molar-refractivity contribution is -0.114. The van der Waals surface area contributed by atoms with E-state index in [1.165, 1.54) is 7.11 Å². The SMILES string of the molecule is COC(=O)c1ccc(C)c(NCC(=O)Nc2ccc3c(c2)OCO3)c1. The molecule has 1 aliphatic rings. The van der Waals surface area contributed by atoms with Gasteiger partial charge in [0, 0.05) is 17.4 Å². The summed E-state index contributed by atoms with van der Waals surface area (Å²) in [5, 5.41) is 5.81. The molecular weight excluding hydrogens is 324 g/mol. The molecule has 3 rings (SSSR count). The molecular formula is C18H18N2O5. The molecule has 0 saturated carbocycles. The number of aryl methyl sites for hydroxylation is 1. The number of anilines is 2. The maximum Gasteiger partial charge on any atom is 0.337 e. The van der Waals surface area contributed by atoms with E-state index in [9.17, 15) is 9.59 Å². The molecule has 0 atom stereocenters. The van der Waals surface area contributed by atoms with Gasteiger partial charge in [-0.25, -0.2) is 4.79 Å². The predicted octanol–water partition coefficient (Wildman–Crippen LogP) is 2.56. The van der Waals surface area contributed by atoms with Crippen molar-refractivity contribution in [2.45, 2.75) is 6.92 Å². The van der Waals surface area contributed by atoms with E-state index in [0.717, 1.165) is 5.56 Å². The first-order chi connectivity index (χ1) is 12.1. The molecule has 130 valence electrons. The standard InChI is InChI=1S/C18H18N2O5/c1-11-3-4-12(18(22)23-2)7-14(11)19-9-17(21)20-13-5-6-15-16(8-13)25-10-24-15/h3-8,19H,9-10H2,1-2H3,(H,20,21). The van der Waals surface area contributed by atoms with Crippen LogP contribution < -0.4 is 20.1 Å². The quantitative estimate of drug-likeness (QED) is 0.812. The second kappa shape index (κ2) is 7.12. The summed E-state index contributed by atoms with van der Waals surface area (Å²) in [7, 11) is 1.33. The summed E-state index contributed by atoms with van der Waals surface area (Å²) in [4.78, 5) is 23.7. The highest BCUT2D eigenvalue weighted by Crippen LogP contribution is 2.34. The van der Waals surface area contributed by atoms with E-state index >= 15 is 0 Å². The Balaban J connectivity index is 1.61. The highest BCUT2D eigenvalue weighted by atomic mass is 16.7. The number of benzene rings is 2. The van der Waals surface area contributed by atoms with Gasteiger partial charge in [0.05, 0.1) is 19.2 Å². The summed E-state index contributed by atoms with van der Waals surface area (Å²) in [5.74, 6) is 0.619. The number of nitrogens with one attached hydrogen (secondary N) is 2.